The van der Waals surface area contributed by atoms with Gasteiger partial charge in [-0.05, 0) is 51.7 Å². The summed E-state index contributed by atoms with van der Waals surface area (Å²) in [4.78, 5) is 2.85. The van der Waals surface area contributed by atoms with Gasteiger partial charge in [0.2, 0.25) is 0 Å². The molecule has 1 aliphatic carbocycles. The van der Waals surface area contributed by atoms with Crippen molar-refractivity contribution in [2.24, 2.45) is 0 Å². The van der Waals surface area contributed by atoms with Gasteiger partial charge in [0.1, 0.15) is 0 Å². The van der Waals surface area contributed by atoms with Gasteiger partial charge < -0.3 is 10.6 Å². The van der Waals surface area contributed by atoms with Crippen LogP contribution in [0.15, 0.2) is 0 Å². The Kier molecular flexibility index (Phi) is 4.78. The third-order valence-electron chi connectivity index (χ3n) is 5.59. The zero-order valence-corrected chi connectivity index (χ0v) is 12.4. The Hall–Kier alpha value is -0.120. The minimum Gasteiger partial charge on any atom is -0.315 e. The first-order valence-electron chi connectivity index (χ1n) is 8.58. The Bertz CT molecular complexity index is 261. The smallest absolute Gasteiger partial charge is 0.0334 e. The van der Waals surface area contributed by atoms with E-state index < -0.39 is 0 Å². The van der Waals surface area contributed by atoms with Crippen LogP contribution in [0, 0.1) is 0 Å². The molecule has 3 heteroatoms. The van der Waals surface area contributed by atoms with E-state index >= 15 is 0 Å². The lowest BCUT2D eigenvalue weighted by Crippen LogP contribution is -2.58. The molecule has 3 rings (SSSR count). The molecule has 2 saturated heterocycles. The molecule has 3 fully saturated rings. The van der Waals surface area contributed by atoms with Crippen LogP contribution in [-0.4, -0.2) is 49.2 Å². The van der Waals surface area contributed by atoms with Gasteiger partial charge >= 0.3 is 0 Å². The highest BCUT2D eigenvalue weighted by Crippen LogP contribution is 2.35. The van der Waals surface area contributed by atoms with Crippen LogP contribution in [0.25, 0.3) is 0 Å². The van der Waals surface area contributed by atoms with Gasteiger partial charge in [0.25, 0.3) is 0 Å². The van der Waals surface area contributed by atoms with Crippen molar-refractivity contribution in [3.05, 3.63) is 0 Å². The molecule has 0 aromatic carbocycles. The van der Waals surface area contributed by atoms with Crippen molar-refractivity contribution in [2.75, 3.05) is 32.7 Å². The lowest BCUT2D eigenvalue weighted by atomic mass is 9.79. The van der Waals surface area contributed by atoms with Crippen LogP contribution in [-0.2, 0) is 0 Å². The molecular formula is C16H31N3. The second-order valence-corrected chi connectivity index (χ2v) is 6.90. The van der Waals surface area contributed by atoms with E-state index in [1.165, 1.54) is 90.5 Å². The molecular weight excluding hydrogens is 234 g/mol. The summed E-state index contributed by atoms with van der Waals surface area (Å²) in [6, 6.07) is 0.726. The molecule has 1 saturated carbocycles. The number of nitrogens with zero attached hydrogens (tertiary/aromatic N) is 1. The van der Waals surface area contributed by atoms with Gasteiger partial charge in [0, 0.05) is 24.7 Å². The molecule has 0 radical (unpaired) electrons. The van der Waals surface area contributed by atoms with E-state index in [9.17, 15) is 0 Å². The third-order valence-corrected chi connectivity index (χ3v) is 5.59. The maximum Gasteiger partial charge on any atom is 0.0334 e. The Morgan fingerprint density at radius 3 is 2.42 bits per heavy atom. The summed E-state index contributed by atoms with van der Waals surface area (Å²) in [6.07, 6.45) is 12.8. The minimum absolute atomic E-state index is 0.501. The van der Waals surface area contributed by atoms with E-state index in [2.05, 4.69) is 15.5 Å². The van der Waals surface area contributed by atoms with Crippen molar-refractivity contribution in [1.82, 2.24) is 15.5 Å². The molecule has 110 valence electrons. The van der Waals surface area contributed by atoms with Crippen LogP contribution in [0.2, 0.25) is 0 Å². The summed E-state index contributed by atoms with van der Waals surface area (Å²) in [5.41, 5.74) is 0.501. The lowest BCUT2D eigenvalue weighted by molar-refractivity contribution is 0.0318. The highest BCUT2D eigenvalue weighted by Gasteiger charge is 2.38. The third kappa shape index (κ3) is 3.32. The van der Waals surface area contributed by atoms with Gasteiger partial charge in [-0.1, -0.05) is 25.7 Å². The summed E-state index contributed by atoms with van der Waals surface area (Å²) in [7, 11) is 0. The molecule has 0 spiro atoms. The Labute approximate surface area is 118 Å². The van der Waals surface area contributed by atoms with Crippen molar-refractivity contribution in [2.45, 2.75) is 69.4 Å². The fourth-order valence-corrected chi connectivity index (χ4v) is 4.35. The van der Waals surface area contributed by atoms with Crippen LogP contribution in [0.4, 0.5) is 0 Å². The number of piperidine rings is 1. The van der Waals surface area contributed by atoms with Crippen LogP contribution < -0.4 is 10.6 Å². The van der Waals surface area contributed by atoms with E-state index in [4.69, 9.17) is 0 Å². The van der Waals surface area contributed by atoms with Gasteiger partial charge in [-0.15, -0.1) is 0 Å². The number of rotatable bonds is 4. The van der Waals surface area contributed by atoms with Crippen molar-refractivity contribution < 1.29 is 0 Å². The summed E-state index contributed by atoms with van der Waals surface area (Å²) in [5, 5.41) is 7.36. The van der Waals surface area contributed by atoms with Gasteiger partial charge in [-0.3, -0.25) is 4.90 Å². The maximum absolute atomic E-state index is 3.89. The average molecular weight is 265 g/mol. The first-order valence-corrected chi connectivity index (χ1v) is 8.58. The first-order chi connectivity index (χ1) is 9.39. The second-order valence-electron chi connectivity index (χ2n) is 6.90. The summed E-state index contributed by atoms with van der Waals surface area (Å²) >= 11 is 0. The summed E-state index contributed by atoms with van der Waals surface area (Å²) < 4.78 is 0. The number of likely N-dealkylation sites (tertiary alicyclic amines) is 1. The fraction of sp³-hybridized carbons (Fsp3) is 1.00. The highest BCUT2D eigenvalue weighted by atomic mass is 15.2. The normalized spacial score (nSPS) is 32.5. The van der Waals surface area contributed by atoms with Crippen LogP contribution in [0.5, 0.6) is 0 Å². The molecule has 2 heterocycles. The Morgan fingerprint density at radius 1 is 1.00 bits per heavy atom. The zero-order valence-electron chi connectivity index (χ0n) is 12.4. The Balaban J connectivity index is 1.61. The maximum atomic E-state index is 3.89. The van der Waals surface area contributed by atoms with Gasteiger partial charge in [0.15, 0.2) is 0 Å². The van der Waals surface area contributed by atoms with E-state index in [1.54, 1.807) is 0 Å². The monoisotopic (exact) mass is 265 g/mol. The van der Waals surface area contributed by atoms with E-state index in [1.807, 2.05) is 0 Å². The summed E-state index contributed by atoms with van der Waals surface area (Å²) in [5.74, 6) is 0. The predicted octanol–water partition coefficient (Wildman–Crippen LogP) is 2.13. The van der Waals surface area contributed by atoms with Gasteiger partial charge in [0.05, 0.1) is 0 Å². The van der Waals surface area contributed by atoms with Crippen molar-refractivity contribution in [1.29, 1.82) is 0 Å². The fourth-order valence-electron chi connectivity index (χ4n) is 4.35. The topological polar surface area (TPSA) is 27.3 Å². The number of hydrogen-bond donors (Lipinski definition) is 2. The molecule has 0 aromatic rings. The van der Waals surface area contributed by atoms with Gasteiger partial charge in [-0.25, -0.2) is 0 Å². The van der Waals surface area contributed by atoms with Crippen LogP contribution in [0.1, 0.15) is 57.8 Å². The van der Waals surface area contributed by atoms with E-state index in [0.29, 0.717) is 5.54 Å². The van der Waals surface area contributed by atoms with Crippen molar-refractivity contribution in [3.8, 4) is 0 Å². The summed E-state index contributed by atoms with van der Waals surface area (Å²) in [6.45, 7) is 6.32. The van der Waals surface area contributed by atoms with E-state index in [-0.39, 0.29) is 0 Å². The average Bonchev–Trinajstić information content (AvgIpc) is 3.01. The second kappa shape index (κ2) is 6.55. The molecule has 0 amide bonds. The van der Waals surface area contributed by atoms with Crippen molar-refractivity contribution >= 4 is 0 Å². The predicted molar refractivity (Wildman–Crippen MR) is 80.5 cm³/mol. The molecule has 19 heavy (non-hydrogen) atoms. The molecule has 2 N–H and O–H groups in total. The van der Waals surface area contributed by atoms with E-state index in [0.717, 1.165) is 6.04 Å². The lowest BCUT2D eigenvalue weighted by Gasteiger charge is -2.49. The first kappa shape index (κ1) is 13.8. The molecule has 2 aliphatic heterocycles. The van der Waals surface area contributed by atoms with Crippen LogP contribution >= 0.6 is 0 Å². The standard InChI is InChI=1S/C16H31N3/c1-3-8-16(9-4-1,19-11-5-2-6-12-19)14-18-15-7-10-17-13-15/h15,17-18H,1-14H2. The number of hydrogen-bond acceptors (Lipinski definition) is 3. The Morgan fingerprint density at radius 2 is 1.74 bits per heavy atom. The SMILES string of the molecule is C1CCN(C2(CNC3CCNC3)CCCCC2)CC1. The minimum atomic E-state index is 0.501. The molecule has 3 aliphatic rings. The van der Waals surface area contributed by atoms with Crippen LogP contribution in [0.3, 0.4) is 0 Å². The largest absolute Gasteiger partial charge is 0.315 e. The molecule has 0 aromatic heterocycles. The quantitative estimate of drug-likeness (QED) is 0.815. The molecule has 0 bridgehead atoms. The highest BCUT2D eigenvalue weighted by molar-refractivity contribution is 4.97. The zero-order chi connectivity index (χ0) is 13.0. The van der Waals surface area contributed by atoms with Gasteiger partial charge in [-0.2, -0.15) is 0 Å². The molecule has 1 unspecified atom stereocenters. The molecule has 3 nitrogen and oxygen atoms in total. The molecule has 1 atom stereocenters. The van der Waals surface area contributed by atoms with Crippen molar-refractivity contribution in [3.63, 3.8) is 0 Å². The number of nitrogens with one attached hydrogen (secondary N) is 2.